The lowest BCUT2D eigenvalue weighted by Crippen LogP contribution is -2.49. The second kappa shape index (κ2) is 7.25. The van der Waals surface area contributed by atoms with Crippen molar-refractivity contribution in [1.29, 1.82) is 0 Å². The fourth-order valence-electron chi connectivity index (χ4n) is 2.62. The normalized spacial score (nSPS) is 19.2. The Labute approximate surface area is 117 Å². The Bertz CT molecular complexity index is 284. The van der Waals surface area contributed by atoms with Crippen molar-refractivity contribution in [2.24, 2.45) is 10.8 Å². The highest BCUT2D eigenvalue weighted by atomic mass is 16.5. The summed E-state index contributed by atoms with van der Waals surface area (Å²) in [5.41, 5.74) is -0.0594. The zero-order valence-corrected chi connectivity index (χ0v) is 13.0. The molecule has 1 rings (SSSR count). The van der Waals surface area contributed by atoms with Crippen LogP contribution in [0.5, 0.6) is 0 Å². The first-order valence-electron chi connectivity index (χ1n) is 7.44. The molecular formula is C15H30N2O2. The predicted octanol–water partition coefficient (Wildman–Crippen LogP) is 1.95. The van der Waals surface area contributed by atoms with Gasteiger partial charge in [-0.25, -0.2) is 0 Å². The molecule has 1 amide bonds. The van der Waals surface area contributed by atoms with E-state index in [1.165, 1.54) is 0 Å². The van der Waals surface area contributed by atoms with Crippen molar-refractivity contribution in [3.8, 4) is 0 Å². The second-order valence-corrected chi connectivity index (χ2v) is 6.47. The molecule has 1 aliphatic rings. The lowest BCUT2D eigenvalue weighted by molar-refractivity contribution is -0.133. The topological polar surface area (TPSA) is 50.4 Å². The summed E-state index contributed by atoms with van der Waals surface area (Å²) in [6, 6.07) is 0. The molecule has 0 aromatic carbocycles. The van der Waals surface area contributed by atoms with Gasteiger partial charge in [0.05, 0.1) is 5.41 Å². The Balaban J connectivity index is 2.48. The molecule has 0 aromatic rings. The third-order valence-corrected chi connectivity index (χ3v) is 4.43. The van der Waals surface area contributed by atoms with E-state index < -0.39 is 0 Å². The zero-order valence-electron chi connectivity index (χ0n) is 13.0. The highest BCUT2D eigenvalue weighted by Crippen LogP contribution is 2.33. The largest absolute Gasteiger partial charge is 0.385 e. The molecule has 0 aliphatic carbocycles. The molecule has 0 aromatic heterocycles. The summed E-state index contributed by atoms with van der Waals surface area (Å²) in [4.78, 5) is 12.5. The van der Waals surface area contributed by atoms with Crippen LogP contribution >= 0.6 is 0 Å². The maximum absolute atomic E-state index is 12.5. The molecule has 0 saturated carbocycles. The Morgan fingerprint density at radius 1 is 1.37 bits per heavy atom. The molecule has 19 heavy (non-hydrogen) atoms. The number of carbonyl (C=O) groups excluding carboxylic acids is 1. The van der Waals surface area contributed by atoms with Gasteiger partial charge in [-0.05, 0) is 44.2 Å². The van der Waals surface area contributed by atoms with Crippen LogP contribution in [0.1, 0.15) is 46.5 Å². The van der Waals surface area contributed by atoms with Crippen LogP contribution in [0, 0.1) is 10.8 Å². The fraction of sp³-hybridized carbons (Fsp3) is 0.933. The second-order valence-electron chi connectivity index (χ2n) is 6.47. The summed E-state index contributed by atoms with van der Waals surface area (Å²) in [5, 5.41) is 6.50. The van der Waals surface area contributed by atoms with Crippen LogP contribution in [-0.4, -0.2) is 39.3 Å². The van der Waals surface area contributed by atoms with Gasteiger partial charge in [-0.3, -0.25) is 4.79 Å². The predicted molar refractivity (Wildman–Crippen MR) is 78.1 cm³/mol. The first kappa shape index (κ1) is 16.4. The van der Waals surface area contributed by atoms with Crippen molar-refractivity contribution in [1.82, 2.24) is 10.6 Å². The minimum Gasteiger partial charge on any atom is -0.385 e. The molecule has 2 N–H and O–H groups in total. The van der Waals surface area contributed by atoms with Gasteiger partial charge in [0, 0.05) is 20.3 Å². The van der Waals surface area contributed by atoms with Crippen LogP contribution in [0.2, 0.25) is 0 Å². The molecule has 0 radical (unpaired) electrons. The van der Waals surface area contributed by atoms with E-state index in [-0.39, 0.29) is 16.7 Å². The van der Waals surface area contributed by atoms with Crippen molar-refractivity contribution < 1.29 is 9.53 Å². The summed E-state index contributed by atoms with van der Waals surface area (Å²) in [6.07, 6.45) is 3.80. The summed E-state index contributed by atoms with van der Waals surface area (Å²) in [6.45, 7) is 9.85. The fourth-order valence-corrected chi connectivity index (χ4v) is 2.62. The number of methoxy groups -OCH3 is 1. The number of rotatable bonds is 7. The number of hydrogen-bond acceptors (Lipinski definition) is 3. The molecule has 0 spiro atoms. The molecule has 1 heterocycles. The van der Waals surface area contributed by atoms with Crippen molar-refractivity contribution in [3.05, 3.63) is 0 Å². The Hall–Kier alpha value is -0.610. The summed E-state index contributed by atoms with van der Waals surface area (Å²) in [7, 11) is 1.72. The summed E-state index contributed by atoms with van der Waals surface area (Å²) >= 11 is 0. The lowest BCUT2D eigenvalue weighted by Gasteiger charge is -2.36. The van der Waals surface area contributed by atoms with Crippen LogP contribution in [-0.2, 0) is 9.53 Å². The zero-order chi connectivity index (χ0) is 14.4. The van der Waals surface area contributed by atoms with Gasteiger partial charge in [-0.1, -0.05) is 20.8 Å². The van der Waals surface area contributed by atoms with Gasteiger partial charge >= 0.3 is 0 Å². The van der Waals surface area contributed by atoms with Crippen LogP contribution < -0.4 is 10.6 Å². The molecule has 0 bridgehead atoms. The summed E-state index contributed by atoms with van der Waals surface area (Å²) < 4.78 is 5.12. The summed E-state index contributed by atoms with van der Waals surface area (Å²) in [5.74, 6) is 0.238. The molecule has 4 nitrogen and oxygen atoms in total. The average Bonchev–Trinajstić information content (AvgIpc) is 2.43. The monoisotopic (exact) mass is 270 g/mol. The van der Waals surface area contributed by atoms with E-state index >= 15 is 0 Å². The maximum Gasteiger partial charge on any atom is 0.226 e. The first-order chi connectivity index (χ1) is 8.96. The van der Waals surface area contributed by atoms with Gasteiger partial charge < -0.3 is 15.4 Å². The number of nitrogens with one attached hydrogen (secondary N) is 2. The molecule has 1 fully saturated rings. The number of amides is 1. The van der Waals surface area contributed by atoms with Crippen molar-refractivity contribution in [2.45, 2.75) is 46.5 Å². The molecule has 1 aliphatic heterocycles. The van der Waals surface area contributed by atoms with Gasteiger partial charge in [0.25, 0.3) is 0 Å². The molecule has 112 valence electrons. The van der Waals surface area contributed by atoms with Crippen molar-refractivity contribution in [2.75, 3.05) is 33.4 Å². The van der Waals surface area contributed by atoms with Crippen molar-refractivity contribution in [3.63, 3.8) is 0 Å². The Morgan fingerprint density at radius 3 is 2.53 bits per heavy atom. The highest BCUT2D eigenvalue weighted by molar-refractivity contribution is 5.82. The molecule has 0 atom stereocenters. The van der Waals surface area contributed by atoms with E-state index in [1.54, 1.807) is 7.11 Å². The van der Waals surface area contributed by atoms with Gasteiger partial charge in [0.15, 0.2) is 0 Å². The van der Waals surface area contributed by atoms with Gasteiger partial charge in [-0.2, -0.15) is 0 Å². The Morgan fingerprint density at radius 2 is 2.00 bits per heavy atom. The number of hydrogen-bond donors (Lipinski definition) is 2. The average molecular weight is 270 g/mol. The van der Waals surface area contributed by atoms with Gasteiger partial charge in [-0.15, -0.1) is 0 Å². The molecule has 1 saturated heterocycles. The lowest BCUT2D eigenvalue weighted by atomic mass is 9.75. The molecular weight excluding hydrogens is 240 g/mol. The standard InChI is InChI=1S/C15H30N2O2/c1-5-15(6-9-16-10-7-15)13(18)17-12-14(2,3)8-11-19-4/h16H,5-12H2,1-4H3,(H,17,18). The van der Waals surface area contributed by atoms with E-state index in [0.717, 1.165) is 51.9 Å². The smallest absolute Gasteiger partial charge is 0.226 e. The first-order valence-corrected chi connectivity index (χ1v) is 7.44. The Kier molecular flexibility index (Phi) is 6.27. The third-order valence-electron chi connectivity index (χ3n) is 4.43. The van der Waals surface area contributed by atoms with E-state index in [1.807, 2.05) is 0 Å². The number of ether oxygens (including phenoxy) is 1. The van der Waals surface area contributed by atoms with E-state index in [2.05, 4.69) is 31.4 Å². The van der Waals surface area contributed by atoms with Gasteiger partial charge in [0.2, 0.25) is 5.91 Å². The van der Waals surface area contributed by atoms with Crippen molar-refractivity contribution >= 4 is 5.91 Å². The van der Waals surface area contributed by atoms with Crippen LogP contribution in [0.4, 0.5) is 0 Å². The third kappa shape index (κ3) is 4.77. The maximum atomic E-state index is 12.5. The quantitative estimate of drug-likeness (QED) is 0.743. The number of piperidine rings is 1. The van der Waals surface area contributed by atoms with Gasteiger partial charge in [0.1, 0.15) is 0 Å². The highest BCUT2D eigenvalue weighted by Gasteiger charge is 2.38. The van der Waals surface area contributed by atoms with Crippen LogP contribution in [0.3, 0.4) is 0 Å². The number of carbonyl (C=O) groups is 1. The minimum absolute atomic E-state index is 0.0908. The van der Waals surface area contributed by atoms with E-state index in [4.69, 9.17) is 4.74 Å². The minimum atomic E-state index is -0.150. The molecule has 4 heteroatoms. The van der Waals surface area contributed by atoms with E-state index in [0.29, 0.717) is 0 Å². The van der Waals surface area contributed by atoms with E-state index in [9.17, 15) is 4.79 Å². The molecule has 0 unspecified atom stereocenters. The van der Waals surface area contributed by atoms with Crippen LogP contribution in [0.25, 0.3) is 0 Å². The SMILES string of the molecule is CCC1(C(=O)NCC(C)(C)CCOC)CCNCC1. The van der Waals surface area contributed by atoms with Crippen LogP contribution in [0.15, 0.2) is 0 Å².